The number of likely N-dealkylation sites (tertiary alicyclic amines) is 1. The largest absolute Gasteiger partial charge is 0.495 e. The minimum atomic E-state index is -0.860. The molecule has 0 aliphatic carbocycles. The Hall–Kier alpha value is -1.79. The van der Waals surface area contributed by atoms with Crippen LogP contribution in [-0.2, 0) is 12.1 Å². The van der Waals surface area contributed by atoms with E-state index in [9.17, 15) is 5.11 Å². The normalized spacial score (nSPS) is 16.6. The van der Waals surface area contributed by atoms with Crippen LogP contribution in [0, 0.1) is 13.8 Å². The average Bonchev–Trinajstić information content (AvgIpc) is 2.73. The van der Waals surface area contributed by atoms with Gasteiger partial charge in [-0.25, -0.2) is 0 Å². The number of aliphatic hydroxyl groups is 2. The molecule has 0 spiro atoms. The van der Waals surface area contributed by atoms with Gasteiger partial charge < -0.3 is 19.7 Å². The maximum atomic E-state index is 11.2. The summed E-state index contributed by atoms with van der Waals surface area (Å²) >= 11 is 6.12. The van der Waals surface area contributed by atoms with Crippen LogP contribution >= 0.6 is 11.6 Å². The van der Waals surface area contributed by atoms with Gasteiger partial charge in [0.1, 0.15) is 18.1 Å². The maximum absolute atomic E-state index is 11.2. The molecular weight excluding hydrogens is 390 g/mol. The predicted octanol–water partition coefficient (Wildman–Crippen LogP) is 3.82. The zero-order chi connectivity index (χ0) is 21.0. The van der Waals surface area contributed by atoms with Crippen molar-refractivity contribution >= 4 is 11.6 Å². The van der Waals surface area contributed by atoms with E-state index in [1.807, 2.05) is 18.2 Å². The van der Waals surface area contributed by atoms with E-state index in [0.29, 0.717) is 30.2 Å². The topological polar surface area (TPSA) is 62.2 Å². The van der Waals surface area contributed by atoms with Gasteiger partial charge in [0.25, 0.3) is 0 Å². The van der Waals surface area contributed by atoms with E-state index in [2.05, 4.69) is 24.8 Å². The van der Waals surface area contributed by atoms with Crippen LogP contribution in [0.5, 0.6) is 11.5 Å². The highest BCUT2D eigenvalue weighted by Crippen LogP contribution is 2.37. The lowest BCUT2D eigenvalue weighted by atomic mass is 9.84. The Morgan fingerprint density at radius 3 is 2.45 bits per heavy atom. The summed E-state index contributed by atoms with van der Waals surface area (Å²) in [5.74, 6) is 1.42. The first-order valence-electron chi connectivity index (χ1n) is 9.99. The van der Waals surface area contributed by atoms with E-state index >= 15 is 0 Å². The second-order valence-corrected chi connectivity index (χ2v) is 8.11. The van der Waals surface area contributed by atoms with Crippen molar-refractivity contribution in [3.63, 3.8) is 0 Å². The van der Waals surface area contributed by atoms with Gasteiger partial charge in [-0.05, 0) is 67.1 Å². The lowest BCUT2D eigenvalue weighted by Gasteiger charge is -2.39. The summed E-state index contributed by atoms with van der Waals surface area (Å²) in [5, 5.41) is 20.7. The number of nitrogens with zero attached hydrogens (tertiary/aromatic N) is 1. The second-order valence-electron chi connectivity index (χ2n) is 7.70. The summed E-state index contributed by atoms with van der Waals surface area (Å²) < 4.78 is 10.9. The molecule has 0 aromatic heterocycles. The fraction of sp³-hybridized carbons (Fsp3) is 0.478. The Balaban J connectivity index is 1.66. The Kier molecular flexibility index (Phi) is 7.06. The van der Waals surface area contributed by atoms with Crippen LogP contribution in [-0.4, -0.2) is 48.5 Å². The zero-order valence-electron chi connectivity index (χ0n) is 17.4. The first kappa shape index (κ1) is 21.9. The molecular formula is C23H30ClNO4. The van der Waals surface area contributed by atoms with Gasteiger partial charge in [-0.1, -0.05) is 23.7 Å². The van der Waals surface area contributed by atoms with Gasteiger partial charge in [0, 0.05) is 19.6 Å². The fourth-order valence-electron chi connectivity index (χ4n) is 3.90. The molecule has 0 bridgehead atoms. The molecule has 6 heteroatoms. The van der Waals surface area contributed by atoms with Crippen molar-refractivity contribution in [1.82, 2.24) is 4.90 Å². The van der Waals surface area contributed by atoms with E-state index in [4.69, 9.17) is 26.2 Å². The standard InChI is InChI=1S/C23H30ClNO4/c1-16-17(2)21(29-13-12-26)7-4-18(16)15-25-10-8-23(27,9-11-25)19-5-6-20(24)22(14-19)28-3/h4-7,14,26-27H,8-13,15H2,1-3H3. The number of hydrogen-bond donors (Lipinski definition) is 2. The summed E-state index contributed by atoms with van der Waals surface area (Å²) in [6.07, 6.45) is 1.32. The number of rotatable bonds is 7. The van der Waals surface area contributed by atoms with Crippen LogP contribution in [0.2, 0.25) is 5.02 Å². The van der Waals surface area contributed by atoms with Gasteiger partial charge in [-0.15, -0.1) is 0 Å². The SMILES string of the molecule is COc1cc(C2(O)CCN(Cc3ccc(OCCO)c(C)c3C)CC2)ccc1Cl. The Morgan fingerprint density at radius 1 is 1.07 bits per heavy atom. The third-order valence-electron chi connectivity index (χ3n) is 5.96. The summed E-state index contributed by atoms with van der Waals surface area (Å²) in [7, 11) is 1.59. The summed E-state index contributed by atoms with van der Waals surface area (Å²) in [6.45, 7) is 6.93. The number of halogens is 1. The quantitative estimate of drug-likeness (QED) is 0.714. The molecule has 158 valence electrons. The molecule has 5 nitrogen and oxygen atoms in total. The fourth-order valence-corrected chi connectivity index (χ4v) is 4.09. The molecule has 1 saturated heterocycles. The maximum Gasteiger partial charge on any atom is 0.137 e. The molecule has 29 heavy (non-hydrogen) atoms. The molecule has 0 atom stereocenters. The van der Waals surface area contributed by atoms with Crippen LogP contribution < -0.4 is 9.47 Å². The molecule has 0 amide bonds. The molecule has 1 aliphatic heterocycles. The van der Waals surface area contributed by atoms with Crippen LogP contribution in [0.4, 0.5) is 0 Å². The predicted molar refractivity (Wildman–Crippen MR) is 115 cm³/mol. The van der Waals surface area contributed by atoms with Gasteiger partial charge >= 0.3 is 0 Å². The van der Waals surface area contributed by atoms with Crippen molar-refractivity contribution in [2.75, 3.05) is 33.4 Å². The van der Waals surface area contributed by atoms with Crippen molar-refractivity contribution in [3.8, 4) is 11.5 Å². The van der Waals surface area contributed by atoms with Gasteiger partial charge in [-0.2, -0.15) is 0 Å². The van der Waals surface area contributed by atoms with Gasteiger partial charge in [0.2, 0.25) is 0 Å². The average molecular weight is 420 g/mol. The molecule has 3 rings (SSSR count). The van der Waals surface area contributed by atoms with Gasteiger partial charge in [0.15, 0.2) is 0 Å². The monoisotopic (exact) mass is 419 g/mol. The first-order valence-corrected chi connectivity index (χ1v) is 10.4. The third-order valence-corrected chi connectivity index (χ3v) is 6.28. The van der Waals surface area contributed by atoms with Crippen molar-refractivity contribution in [3.05, 3.63) is 57.6 Å². The highest BCUT2D eigenvalue weighted by atomic mass is 35.5. The van der Waals surface area contributed by atoms with Crippen LogP contribution in [0.25, 0.3) is 0 Å². The highest BCUT2D eigenvalue weighted by Gasteiger charge is 2.34. The lowest BCUT2D eigenvalue weighted by molar-refractivity contribution is -0.0278. The molecule has 1 fully saturated rings. The van der Waals surface area contributed by atoms with E-state index < -0.39 is 5.60 Å². The molecule has 1 heterocycles. The van der Waals surface area contributed by atoms with Crippen molar-refractivity contribution in [2.24, 2.45) is 0 Å². The third kappa shape index (κ3) is 4.86. The Labute approximate surface area is 177 Å². The Morgan fingerprint density at radius 2 is 1.79 bits per heavy atom. The lowest BCUT2D eigenvalue weighted by Crippen LogP contribution is -2.42. The molecule has 0 saturated carbocycles. The Bertz CT molecular complexity index is 847. The van der Waals surface area contributed by atoms with E-state index in [0.717, 1.165) is 36.5 Å². The van der Waals surface area contributed by atoms with Crippen LogP contribution in [0.1, 0.15) is 35.1 Å². The minimum Gasteiger partial charge on any atom is -0.495 e. The minimum absolute atomic E-state index is 0.0103. The van der Waals surface area contributed by atoms with Crippen LogP contribution in [0.3, 0.4) is 0 Å². The molecule has 2 aromatic carbocycles. The second kappa shape index (κ2) is 9.35. The summed E-state index contributed by atoms with van der Waals surface area (Å²) in [6, 6.07) is 9.59. The number of ether oxygens (including phenoxy) is 2. The molecule has 0 unspecified atom stereocenters. The van der Waals surface area contributed by atoms with E-state index in [1.54, 1.807) is 13.2 Å². The van der Waals surface area contributed by atoms with Crippen LogP contribution in [0.15, 0.2) is 30.3 Å². The number of aliphatic hydroxyl groups excluding tert-OH is 1. The van der Waals surface area contributed by atoms with E-state index in [1.165, 1.54) is 11.1 Å². The number of benzene rings is 2. The number of methoxy groups -OCH3 is 1. The highest BCUT2D eigenvalue weighted by molar-refractivity contribution is 6.32. The molecule has 2 aromatic rings. The zero-order valence-corrected chi connectivity index (χ0v) is 18.1. The van der Waals surface area contributed by atoms with Crippen molar-refractivity contribution < 1.29 is 19.7 Å². The number of piperidine rings is 1. The van der Waals surface area contributed by atoms with Gasteiger partial charge in [0.05, 0.1) is 24.3 Å². The molecule has 0 radical (unpaired) electrons. The molecule has 2 N–H and O–H groups in total. The summed E-state index contributed by atoms with van der Waals surface area (Å²) in [5.41, 5.74) is 3.58. The summed E-state index contributed by atoms with van der Waals surface area (Å²) in [4.78, 5) is 2.37. The first-order chi connectivity index (χ1) is 13.9. The van der Waals surface area contributed by atoms with Crippen molar-refractivity contribution in [1.29, 1.82) is 0 Å². The van der Waals surface area contributed by atoms with Gasteiger partial charge in [-0.3, -0.25) is 4.90 Å². The smallest absolute Gasteiger partial charge is 0.137 e. The van der Waals surface area contributed by atoms with Crippen molar-refractivity contribution in [2.45, 2.75) is 38.8 Å². The molecule has 1 aliphatic rings. The van der Waals surface area contributed by atoms with E-state index in [-0.39, 0.29) is 6.61 Å². The number of hydrogen-bond acceptors (Lipinski definition) is 5.